The number of rotatable bonds is 2. The fourth-order valence-corrected chi connectivity index (χ4v) is 2.72. The van der Waals surface area contributed by atoms with Crippen molar-refractivity contribution >= 4 is 5.78 Å². The first-order valence-corrected chi connectivity index (χ1v) is 5.96. The van der Waals surface area contributed by atoms with Crippen molar-refractivity contribution in [3.05, 3.63) is 0 Å². The molecule has 2 nitrogen and oxygen atoms in total. The summed E-state index contributed by atoms with van der Waals surface area (Å²) in [6.45, 7) is 1.34. The Morgan fingerprint density at radius 3 is 2.71 bits per heavy atom. The van der Waals surface area contributed by atoms with E-state index in [4.69, 9.17) is 4.74 Å². The molecule has 0 amide bonds. The van der Waals surface area contributed by atoms with Crippen LogP contribution in [0.1, 0.15) is 44.9 Å². The van der Waals surface area contributed by atoms with Crippen LogP contribution in [0.2, 0.25) is 0 Å². The van der Waals surface area contributed by atoms with Crippen LogP contribution in [0.4, 0.5) is 0 Å². The lowest BCUT2D eigenvalue weighted by molar-refractivity contribution is -0.131. The molecule has 0 aromatic heterocycles. The van der Waals surface area contributed by atoms with E-state index in [9.17, 15) is 4.79 Å². The number of carbonyl (C=O) groups excluding carboxylic acids is 1. The zero-order valence-corrected chi connectivity index (χ0v) is 8.84. The van der Waals surface area contributed by atoms with Gasteiger partial charge in [0.15, 0.2) is 0 Å². The van der Waals surface area contributed by atoms with E-state index in [1.54, 1.807) is 0 Å². The van der Waals surface area contributed by atoms with E-state index in [-0.39, 0.29) is 5.92 Å². The number of ketones is 1. The Hall–Kier alpha value is -0.370. The number of hydrogen-bond donors (Lipinski definition) is 0. The van der Waals surface area contributed by atoms with Crippen molar-refractivity contribution in [2.75, 3.05) is 13.2 Å². The minimum Gasteiger partial charge on any atom is -0.380 e. The zero-order chi connectivity index (χ0) is 9.80. The molecule has 0 spiro atoms. The highest BCUT2D eigenvalue weighted by molar-refractivity contribution is 5.81. The Bertz CT molecular complexity index is 194. The van der Waals surface area contributed by atoms with Gasteiger partial charge in [-0.05, 0) is 12.3 Å². The molecule has 14 heavy (non-hydrogen) atoms. The number of hydrogen-bond acceptors (Lipinski definition) is 2. The minimum atomic E-state index is 0.229. The molecule has 0 aromatic carbocycles. The van der Waals surface area contributed by atoms with Crippen LogP contribution in [0.15, 0.2) is 0 Å². The Morgan fingerprint density at radius 1 is 1.21 bits per heavy atom. The monoisotopic (exact) mass is 196 g/mol. The molecular formula is C12H20O2. The van der Waals surface area contributed by atoms with Gasteiger partial charge in [0.25, 0.3) is 0 Å². The van der Waals surface area contributed by atoms with Gasteiger partial charge in [0.05, 0.1) is 13.2 Å². The molecule has 1 unspecified atom stereocenters. The number of carbonyl (C=O) groups is 1. The smallest absolute Gasteiger partial charge is 0.140 e. The van der Waals surface area contributed by atoms with Crippen LogP contribution in [0.5, 0.6) is 0 Å². The van der Waals surface area contributed by atoms with Gasteiger partial charge >= 0.3 is 0 Å². The SMILES string of the molecule is O=C1CCOCC1CC1CCCCC1. The van der Waals surface area contributed by atoms with Gasteiger partial charge < -0.3 is 4.74 Å². The van der Waals surface area contributed by atoms with Crippen molar-refractivity contribution in [1.82, 2.24) is 0 Å². The lowest BCUT2D eigenvalue weighted by atomic mass is 9.81. The Kier molecular flexibility index (Phi) is 3.57. The van der Waals surface area contributed by atoms with Crippen molar-refractivity contribution in [2.24, 2.45) is 11.8 Å². The molecule has 2 fully saturated rings. The molecule has 1 aliphatic carbocycles. The molecule has 2 rings (SSSR count). The van der Waals surface area contributed by atoms with Gasteiger partial charge in [-0.15, -0.1) is 0 Å². The molecule has 0 radical (unpaired) electrons. The standard InChI is InChI=1S/C12H20O2/c13-12-6-7-14-9-11(12)8-10-4-2-1-3-5-10/h10-11H,1-9H2. The van der Waals surface area contributed by atoms with E-state index in [2.05, 4.69) is 0 Å². The van der Waals surface area contributed by atoms with E-state index in [0.717, 1.165) is 12.3 Å². The Balaban J connectivity index is 1.79. The summed E-state index contributed by atoms with van der Waals surface area (Å²) in [7, 11) is 0. The lowest BCUT2D eigenvalue weighted by Crippen LogP contribution is -2.29. The minimum absolute atomic E-state index is 0.229. The third kappa shape index (κ3) is 2.57. The predicted octanol–water partition coefficient (Wildman–Crippen LogP) is 2.56. The van der Waals surface area contributed by atoms with Gasteiger partial charge in [-0.2, -0.15) is 0 Å². The molecule has 1 atom stereocenters. The quantitative estimate of drug-likeness (QED) is 0.678. The normalized spacial score (nSPS) is 30.6. The van der Waals surface area contributed by atoms with E-state index in [0.29, 0.717) is 25.4 Å². The van der Waals surface area contributed by atoms with Crippen molar-refractivity contribution in [1.29, 1.82) is 0 Å². The van der Waals surface area contributed by atoms with Crippen LogP contribution < -0.4 is 0 Å². The topological polar surface area (TPSA) is 26.3 Å². The van der Waals surface area contributed by atoms with Crippen molar-refractivity contribution < 1.29 is 9.53 Å². The number of Topliss-reactive ketones (excluding diaryl/α,β-unsaturated/α-hetero) is 1. The second-order valence-corrected chi connectivity index (χ2v) is 4.73. The van der Waals surface area contributed by atoms with E-state index in [1.807, 2.05) is 0 Å². The molecule has 1 heterocycles. The lowest BCUT2D eigenvalue weighted by Gasteiger charge is -2.27. The maximum absolute atomic E-state index is 11.6. The Labute approximate surface area is 86.0 Å². The maximum atomic E-state index is 11.6. The molecule has 1 saturated carbocycles. The summed E-state index contributed by atoms with van der Waals surface area (Å²) in [6.07, 6.45) is 8.55. The summed E-state index contributed by atoms with van der Waals surface area (Å²) in [5.74, 6) is 1.48. The highest BCUT2D eigenvalue weighted by Crippen LogP contribution is 2.30. The van der Waals surface area contributed by atoms with Gasteiger partial charge in [0.2, 0.25) is 0 Å². The van der Waals surface area contributed by atoms with Crippen LogP contribution in [-0.2, 0) is 9.53 Å². The van der Waals surface area contributed by atoms with E-state index < -0.39 is 0 Å². The molecule has 0 bridgehead atoms. The van der Waals surface area contributed by atoms with E-state index >= 15 is 0 Å². The van der Waals surface area contributed by atoms with Gasteiger partial charge in [-0.3, -0.25) is 4.79 Å². The van der Waals surface area contributed by atoms with Crippen LogP contribution in [0.3, 0.4) is 0 Å². The van der Waals surface area contributed by atoms with Gasteiger partial charge in [-0.25, -0.2) is 0 Å². The first kappa shape index (κ1) is 10.2. The molecule has 2 aliphatic rings. The predicted molar refractivity (Wildman–Crippen MR) is 55.1 cm³/mol. The third-order valence-electron chi connectivity index (χ3n) is 3.61. The summed E-state index contributed by atoms with van der Waals surface area (Å²) >= 11 is 0. The second-order valence-electron chi connectivity index (χ2n) is 4.73. The second kappa shape index (κ2) is 4.92. The van der Waals surface area contributed by atoms with Gasteiger partial charge in [-0.1, -0.05) is 32.1 Å². The summed E-state index contributed by atoms with van der Waals surface area (Å²) < 4.78 is 5.37. The molecule has 0 aromatic rings. The number of ether oxygens (including phenoxy) is 1. The van der Waals surface area contributed by atoms with Crippen LogP contribution in [-0.4, -0.2) is 19.0 Å². The first-order chi connectivity index (χ1) is 6.86. The molecule has 1 aliphatic heterocycles. The van der Waals surface area contributed by atoms with Crippen molar-refractivity contribution in [2.45, 2.75) is 44.9 Å². The zero-order valence-electron chi connectivity index (χ0n) is 8.84. The highest BCUT2D eigenvalue weighted by Gasteiger charge is 2.26. The molecular weight excluding hydrogens is 176 g/mol. The highest BCUT2D eigenvalue weighted by atomic mass is 16.5. The summed E-state index contributed by atoms with van der Waals surface area (Å²) in [5, 5.41) is 0. The summed E-state index contributed by atoms with van der Waals surface area (Å²) in [4.78, 5) is 11.6. The van der Waals surface area contributed by atoms with Gasteiger partial charge in [0.1, 0.15) is 5.78 Å². The molecule has 1 saturated heterocycles. The largest absolute Gasteiger partial charge is 0.380 e. The third-order valence-corrected chi connectivity index (χ3v) is 3.61. The Morgan fingerprint density at radius 2 is 2.00 bits per heavy atom. The average Bonchev–Trinajstić information content (AvgIpc) is 2.23. The van der Waals surface area contributed by atoms with Gasteiger partial charge in [0, 0.05) is 12.3 Å². The molecule has 0 N–H and O–H groups in total. The molecule has 80 valence electrons. The fourth-order valence-electron chi connectivity index (χ4n) is 2.72. The van der Waals surface area contributed by atoms with Crippen LogP contribution >= 0.6 is 0 Å². The van der Waals surface area contributed by atoms with Crippen molar-refractivity contribution in [3.63, 3.8) is 0 Å². The molecule has 2 heteroatoms. The first-order valence-electron chi connectivity index (χ1n) is 5.96. The maximum Gasteiger partial charge on any atom is 0.140 e. The summed E-state index contributed by atoms with van der Waals surface area (Å²) in [5.41, 5.74) is 0. The average molecular weight is 196 g/mol. The van der Waals surface area contributed by atoms with Crippen molar-refractivity contribution in [3.8, 4) is 0 Å². The van der Waals surface area contributed by atoms with Crippen LogP contribution in [0, 0.1) is 11.8 Å². The van der Waals surface area contributed by atoms with E-state index in [1.165, 1.54) is 32.1 Å². The summed E-state index contributed by atoms with van der Waals surface area (Å²) in [6, 6.07) is 0. The van der Waals surface area contributed by atoms with Crippen LogP contribution in [0.25, 0.3) is 0 Å². The fraction of sp³-hybridized carbons (Fsp3) is 0.917.